The molecule has 18 heavy (non-hydrogen) atoms. The minimum Gasteiger partial charge on any atom is -0.348 e. The van der Waals surface area contributed by atoms with Gasteiger partial charge in [-0.3, -0.25) is 4.79 Å². The topological polar surface area (TPSA) is 22.0 Å². The van der Waals surface area contributed by atoms with Crippen LogP contribution in [0.25, 0.3) is 0 Å². The van der Waals surface area contributed by atoms with Crippen LogP contribution in [0.2, 0.25) is 0 Å². The molecule has 0 bridgehead atoms. The predicted molar refractivity (Wildman–Crippen MR) is 75.5 cm³/mol. The van der Waals surface area contributed by atoms with Crippen molar-refractivity contribution in [1.29, 1.82) is 0 Å². The lowest BCUT2D eigenvalue weighted by molar-refractivity contribution is 0.102. The van der Waals surface area contributed by atoms with Gasteiger partial charge in [-0.25, -0.2) is 0 Å². The Kier molecular flexibility index (Phi) is 4.16. The van der Waals surface area contributed by atoms with Crippen LogP contribution in [-0.4, -0.2) is 16.2 Å². The summed E-state index contributed by atoms with van der Waals surface area (Å²) in [5.74, 6) is 1.67. The Bertz CT molecular complexity index is 450. The second kappa shape index (κ2) is 5.48. The minimum absolute atomic E-state index is 0.0375. The van der Waals surface area contributed by atoms with Crippen molar-refractivity contribution in [2.75, 3.05) is 5.88 Å². The third-order valence-corrected chi connectivity index (χ3v) is 4.69. The van der Waals surface area contributed by atoms with Gasteiger partial charge in [0.25, 0.3) is 0 Å². The molecular formula is C15H22ClNO. The number of carbonyl (C=O) groups excluding carboxylic acids is 1. The number of halogens is 1. The maximum Gasteiger partial charge on any atom is 0.179 e. The number of aromatic nitrogens is 1. The number of Topliss-reactive ketones (excluding diaryl/α,β-unsaturated/α-hetero) is 1. The van der Waals surface area contributed by atoms with E-state index in [2.05, 4.69) is 18.4 Å². The van der Waals surface area contributed by atoms with Crippen molar-refractivity contribution in [2.24, 2.45) is 11.8 Å². The second-order valence-electron chi connectivity index (χ2n) is 5.62. The summed E-state index contributed by atoms with van der Waals surface area (Å²) in [6.07, 6.45) is 4.01. The molecular weight excluding hydrogens is 246 g/mol. The predicted octanol–water partition coefficient (Wildman–Crippen LogP) is 3.96. The molecule has 1 aromatic heterocycles. The van der Waals surface area contributed by atoms with E-state index in [-0.39, 0.29) is 11.7 Å². The monoisotopic (exact) mass is 267 g/mol. The molecule has 0 spiro atoms. The molecule has 2 rings (SSSR count). The average molecular weight is 268 g/mol. The number of hydrogen-bond donors (Lipinski definition) is 0. The standard InChI is InChI=1S/C15H22ClNO/c1-10-5-4-6-13(10)9-17-11(2)7-14(12(17)3)15(18)8-16/h7,10,13H,4-6,8-9H2,1-3H3. The first-order valence-corrected chi connectivity index (χ1v) is 7.34. The van der Waals surface area contributed by atoms with E-state index in [0.29, 0.717) is 0 Å². The highest BCUT2D eigenvalue weighted by Gasteiger charge is 2.25. The molecule has 0 aliphatic heterocycles. The number of carbonyl (C=O) groups is 1. The number of aryl methyl sites for hydroxylation is 1. The highest BCUT2D eigenvalue weighted by Crippen LogP contribution is 2.33. The zero-order valence-corrected chi connectivity index (χ0v) is 12.3. The Morgan fingerprint density at radius 2 is 2.17 bits per heavy atom. The van der Waals surface area contributed by atoms with Crippen molar-refractivity contribution >= 4 is 17.4 Å². The average Bonchev–Trinajstić information content (AvgIpc) is 2.87. The van der Waals surface area contributed by atoms with Gasteiger partial charge in [0.1, 0.15) is 0 Å². The van der Waals surface area contributed by atoms with Crippen LogP contribution in [0.4, 0.5) is 0 Å². The maximum absolute atomic E-state index is 11.8. The molecule has 0 N–H and O–H groups in total. The van der Waals surface area contributed by atoms with E-state index >= 15 is 0 Å². The Labute approximate surface area is 114 Å². The molecule has 0 amide bonds. The molecule has 1 heterocycles. The van der Waals surface area contributed by atoms with Crippen LogP contribution in [0.1, 0.15) is 47.9 Å². The molecule has 0 radical (unpaired) electrons. The molecule has 1 aliphatic rings. The van der Waals surface area contributed by atoms with E-state index in [1.54, 1.807) is 0 Å². The van der Waals surface area contributed by atoms with Gasteiger partial charge in [-0.1, -0.05) is 19.8 Å². The summed E-state index contributed by atoms with van der Waals surface area (Å²) in [7, 11) is 0. The van der Waals surface area contributed by atoms with Crippen LogP contribution in [0.3, 0.4) is 0 Å². The molecule has 1 saturated carbocycles. The van der Waals surface area contributed by atoms with E-state index in [0.717, 1.165) is 29.6 Å². The van der Waals surface area contributed by atoms with Gasteiger partial charge in [-0.15, -0.1) is 11.6 Å². The summed E-state index contributed by atoms with van der Waals surface area (Å²) in [6.45, 7) is 7.51. The van der Waals surface area contributed by atoms with Crippen LogP contribution in [0, 0.1) is 25.7 Å². The van der Waals surface area contributed by atoms with Crippen LogP contribution in [0.15, 0.2) is 6.07 Å². The zero-order valence-electron chi connectivity index (χ0n) is 11.5. The highest BCUT2D eigenvalue weighted by atomic mass is 35.5. The first-order chi connectivity index (χ1) is 8.54. The number of hydrogen-bond acceptors (Lipinski definition) is 1. The van der Waals surface area contributed by atoms with Gasteiger partial charge in [0.15, 0.2) is 5.78 Å². The minimum atomic E-state index is 0.0375. The van der Waals surface area contributed by atoms with Crippen molar-refractivity contribution in [3.63, 3.8) is 0 Å². The molecule has 3 heteroatoms. The number of ketones is 1. The van der Waals surface area contributed by atoms with Crippen molar-refractivity contribution in [3.8, 4) is 0 Å². The van der Waals surface area contributed by atoms with Crippen LogP contribution >= 0.6 is 11.6 Å². The lowest BCUT2D eigenvalue weighted by Gasteiger charge is -2.19. The molecule has 2 unspecified atom stereocenters. The van der Waals surface area contributed by atoms with Crippen LogP contribution in [0.5, 0.6) is 0 Å². The van der Waals surface area contributed by atoms with Gasteiger partial charge in [-0.05, 0) is 38.2 Å². The Balaban J connectivity index is 2.23. The third-order valence-electron chi connectivity index (χ3n) is 4.45. The summed E-state index contributed by atoms with van der Waals surface area (Å²) >= 11 is 5.65. The van der Waals surface area contributed by atoms with Crippen molar-refractivity contribution in [3.05, 3.63) is 23.0 Å². The molecule has 1 fully saturated rings. The lowest BCUT2D eigenvalue weighted by Crippen LogP contribution is -2.15. The molecule has 1 aliphatic carbocycles. The number of alkyl halides is 1. The van der Waals surface area contributed by atoms with Gasteiger partial charge >= 0.3 is 0 Å². The summed E-state index contributed by atoms with van der Waals surface area (Å²) in [4.78, 5) is 11.8. The van der Waals surface area contributed by atoms with E-state index in [1.807, 2.05) is 13.0 Å². The number of nitrogens with zero attached hydrogens (tertiary/aromatic N) is 1. The van der Waals surface area contributed by atoms with Crippen molar-refractivity contribution < 1.29 is 4.79 Å². The summed E-state index contributed by atoms with van der Waals surface area (Å²) in [5, 5.41) is 0. The normalized spacial score (nSPS) is 23.6. The molecule has 0 aromatic carbocycles. The number of rotatable bonds is 4. The summed E-state index contributed by atoms with van der Waals surface area (Å²) < 4.78 is 2.30. The molecule has 100 valence electrons. The fourth-order valence-electron chi connectivity index (χ4n) is 3.16. The van der Waals surface area contributed by atoms with Gasteiger partial charge in [0.2, 0.25) is 0 Å². The van der Waals surface area contributed by atoms with Gasteiger partial charge in [0, 0.05) is 23.5 Å². The van der Waals surface area contributed by atoms with Crippen LogP contribution in [-0.2, 0) is 6.54 Å². The smallest absolute Gasteiger partial charge is 0.179 e. The maximum atomic E-state index is 11.8. The van der Waals surface area contributed by atoms with Gasteiger partial charge in [0.05, 0.1) is 5.88 Å². The van der Waals surface area contributed by atoms with Gasteiger partial charge < -0.3 is 4.57 Å². The van der Waals surface area contributed by atoms with E-state index in [9.17, 15) is 4.79 Å². The van der Waals surface area contributed by atoms with Gasteiger partial charge in [-0.2, -0.15) is 0 Å². The summed E-state index contributed by atoms with van der Waals surface area (Å²) in [6, 6.07) is 1.99. The lowest BCUT2D eigenvalue weighted by atomic mass is 9.98. The van der Waals surface area contributed by atoms with E-state index in [4.69, 9.17) is 11.6 Å². The first-order valence-electron chi connectivity index (χ1n) is 6.80. The Morgan fingerprint density at radius 1 is 1.44 bits per heavy atom. The summed E-state index contributed by atoms with van der Waals surface area (Å²) in [5.41, 5.74) is 3.06. The van der Waals surface area contributed by atoms with Crippen LogP contribution < -0.4 is 0 Å². The van der Waals surface area contributed by atoms with Crippen molar-refractivity contribution in [1.82, 2.24) is 4.57 Å². The zero-order chi connectivity index (χ0) is 13.3. The quantitative estimate of drug-likeness (QED) is 0.598. The Hall–Kier alpha value is -0.760. The fourth-order valence-corrected chi connectivity index (χ4v) is 3.31. The Morgan fingerprint density at radius 3 is 2.72 bits per heavy atom. The van der Waals surface area contributed by atoms with E-state index in [1.165, 1.54) is 25.0 Å². The first kappa shape index (κ1) is 13.7. The molecule has 0 saturated heterocycles. The SMILES string of the molecule is Cc1cc(C(=O)CCl)c(C)n1CC1CCCC1C. The van der Waals surface area contributed by atoms with E-state index < -0.39 is 0 Å². The largest absolute Gasteiger partial charge is 0.348 e. The molecule has 1 aromatic rings. The second-order valence-corrected chi connectivity index (χ2v) is 5.89. The van der Waals surface area contributed by atoms with Crippen molar-refractivity contribution in [2.45, 2.75) is 46.6 Å². The third kappa shape index (κ3) is 2.49. The molecule has 2 nitrogen and oxygen atoms in total. The molecule has 2 atom stereocenters. The highest BCUT2D eigenvalue weighted by molar-refractivity contribution is 6.30. The fraction of sp³-hybridized carbons (Fsp3) is 0.667.